The lowest BCUT2D eigenvalue weighted by molar-refractivity contribution is -0.163. The fourth-order valence-corrected chi connectivity index (χ4v) is 2.93. The Hall–Kier alpha value is -0.410. The van der Waals surface area contributed by atoms with Crippen LogP contribution < -0.4 is 0 Å². The zero-order chi connectivity index (χ0) is 10.7. The average molecular weight is 212 g/mol. The van der Waals surface area contributed by atoms with Gasteiger partial charge in [-0.3, -0.25) is 0 Å². The number of carbonyl (C=O) groups excluding carboxylic acids is 1. The molecule has 0 amide bonds. The standard InChI is InChI=1S/C12H20O3/c13-9-12(14,10-5-1-2-6-10)11-7-3-4-8-15-11/h9-11,14H,1-8H2. The molecule has 1 aliphatic carbocycles. The topological polar surface area (TPSA) is 46.5 Å². The normalized spacial score (nSPS) is 32.5. The van der Waals surface area contributed by atoms with Gasteiger partial charge in [0.2, 0.25) is 0 Å². The summed E-state index contributed by atoms with van der Waals surface area (Å²) in [5, 5.41) is 10.5. The molecule has 0 aromatic rings. The van der Waals surface area contributed by atoms with Gasteiger partial charge in [0.25, 0.3) is 0 Å². The number of ether oxygens (including phenoxy) is 1. The Morgan fingerprint density at radius 1 is 1.13 bits per heavy atom. The molecule has 1 saturated carbocycles. The molecule has 2 aliphatic rings. The van der Waals surface area contributed by atoms with Gasteiger partial charge in [0.05, 0.1) is 6.10 Å². The first-order chi connectivity index (χ1) is 7.27. The van der Waals surface area contributed by atoms with Crippen molar-refractivity contribution in [3.8, 4) is 0 Å². The molecule has 2 rings (SSSR count). The molecule has 0 aromatic heterocycles. The van der Waals surface area contributed by atoms with Crippen LogP contribution >= 0.6 is 0 Å². The fourth-order valence-electron chi connectivity index (χ4n) is 2.93. The third kappa shape index (κ3) is 2.08. The van der Waals surface area contributed by atoms with E-state index in [1.165, 1.54) is 0 Å². The lowest BCUT2D eigenvalue weighted by atomic mass is 9.80. The molecule has 2 fully saturated rings. The summed E-state index contributed by atoms with van der Waals surface area (Å²) < 4.78 is 5.57. The molecule has 3 nitrogen and oxygen atoms in total. The van der Waals surface area contributed by atoms with Crippen LogP contribution in [0.1, 0.15) is 44.9 Å². The monoisotopic (exact) mass is 212 g/mol. The van der Waals surface area contributed by atoms with Crippen molar-refractivity contribution in [2.45, 2.75) is 56.7 Å². The first-order valence-electron chi connectivity index (χ1n) is 6.07. The van der Waals surface area contributed by atoms with Gasteiger partial charge in [-0.1, -0.05) is 12.8 Å². The van der Waals surface area contributed by atoms with Gasteiger partial charge in [-0.2, -0.15) is 0 Å². The second-order valence-corrected chi connectivity index (χ2v) is 4.84. The molecule has 0 bridgehead atoms. The van der Waals surface area contributed by atoms with Crippen LogP contribution in [0.2, 0.25) is 0 Å². The highest BCUT2D eigenvalue weighted by molar-refractivity contribution is 5.64. The van der Waals surface area contributed by atoms with Gasteiger partial charge < -0.3 is 14.6 Å². The predicted octanol–water partition coefficient (Wildman–Crippen LogP) is 1.68. The van der Waals surface area contributed by atoms with Crippen LogP contribution in [0.15, 0.2) is 0 Å². The molecule has 0 spiro atoms. The molecule has 1 N–H and O–H groups in total. The van der Waals surface area contributed by atoms with E-state index in [0.717, 1.165) is 51.2 Å². The van der Waals surface area contributed by atoms with Crippen molar-refractivity contribution in [1.29, 1.82) is 0 Å². The van der Waals surface area contributed by atoms with Crippen molar-refractivity contribution in [3.05, 3.63) is 0 Å². The highest BCUT2D eigenvalue weighted by atomic mass is 16.5. The molecule has 0 aromatic carbocycles. The summed E-state index contributed by atoms with van der Waals surface area (Å²) in [6.45, 7) is 0.688. The fraction of sp³-hybridized carbons (Fsp3) is 0.917. The van der Waals surface area contributed by atoms with Gasteiger partial charge >= 0.3 is 0 Å². The van der Waals surface area contributed by atoms with Crippen LogP contribution in [-0.4, -0.2) is 29.7 Å². The third-order valence-corrected chi connectivity index (χ3v) is 3.89. The van der Waals surface area contributed by atoms with Crippen LogP contribution in [0.4, 0.5) is 0 Å². The van der Waals surface area contributed by atoms with E-state index < -0.39 is 5.60 Å². The highest BCUT2D eigenvalue weighted by Gasteiger charge is 2.45. The summed E-state index contributed by atoms with van der Waals surface area (Å²) in [7, 11) is 0. The van der Waals surface area contributed by atoms with Crippen molar-refractivity contribution >= 4 is 6.29 Å². The number of rotatable bonds is 3. The summed E-state index contributed by atoms with van der Waals surface area (Å²) in [4.78, 5) is 11.2. The Morgan fingerprint density at radius 3 is 2.33 bits per heavy atom. The number of aliphatic hydroxyl groups is 1. The number of hydrogen-bond acceptors (Lipinski definition) is 3. The smallest absolute Gasteiger partial charge is 0.154 e. The Bertz CT molecular complexity index is 217. The number of aldehydes is 1. The molecular weight excluding hydrogens is 192 g/mol. The molecule has 0 radical (unpaired) electrons. The maximum atomic E-state index is 11.2. The van der Waals surface area contributed by atoms with Gasteiger partial charge in [-0.15, -0.1) is 0 Å². The van der Waals surface area contributed by atoms with Gasteiger partial charge in [0, 0.05) is 6.61 Å². The van der Waals surface area contributed by atoms with Crippen molar-refractivity contribution < 1.29 is 14.6 Å². The molecule has 1 heterocycles. The quantitative estimate of drug-likeness (QED) is 0.724. The second-order valence-electron chi connectivity index (χ2n) is 4.84. The van der Waals surface area contributed by atoms with Crippen molar-refractivity contribution in [1.82, 2.24) is 0 Å². The van der Waals surface area contributed by atoms with Gasteiger partial charge in [0.15, 0.2) is 6.29 Å². The Labute approximate surface area is 90.8 Å². The van der Waals surface area contributed by atoms with E-state index in [1.807, 2.05) is 0 Å². The zero-order valence-electron chi connectivity index (χ0n) is 9.15. The minimum absolute atomic E-state index is 0.123. The molecule has 3 heteroatoms. The van der Waals surface area contributed by atoms with E-state index in [2.05, 4.69) is 0 Å². The highest BCUT2D eigenvalue weighted by Crippen LogP contribution is 2.38. The van der Waals surface area contributed by atoms with Crippen molar-refractivity contribution in [2.75, 3.05) is 6.61 Å². The van der Waals surface area contributed by atoms with Crippen LogP contribution in [0, 0.1) is 5.92 Å². The van der Waals surface area contributed by atoms with Gasteiger partial charge in [-0.05, 0) is 38.0 Å². The van der Waals surface area contributed by atoms with Gasteiger partial charge in [0.1, 0.15) is 5.60 Å². The van der Waals surface area contributed by atoms with E-state index in [1.54, 1.807) is 0 Å². The lowest BCUT2D eigenvalue weighted by Crippen LogP contribution is -2.52. The first-order valence-corrected chi connectivity index (χ1v) is 6.07. The molecule has 86 valence electrons. The zero-order valence-corrected chi connectivity index (χ0v) is 9.15. The molecular formula is C12H20O3. The van der Waals surface area contributed by atoms with E-state index in [-0.39, 0.29) is 12.0 Å². The third-order valence-electron chi connectivity index (χ3n) is 3.89. The number of hydrogen-bond donors (Lipinski definition) is 1. The Kier molecular flexibility index (Phi) is 3.42. The minimum atomic E-state index is -1.21. The van der Waals surface area contributed by atoms with Gasteiger partial charge in [-0.25, -0.2) is 0 Å². The molecule has 2 unspecified atom stereocenters. The Morgan fingerprint density at radius 2 is 1.80 bits per heavy atom. The maximum absolute atomic E-state index is 11.2. The predicted molar refractivity (Wildman–Crippen MR) is 56.6 cm³/mol. The van der Waals surface area contributed by atoms with Crippen LogP contribution in [-0.2, 0) is 9.53 Å². The largest absolute Gasteiger partial charge is 0.379 e. The van der Waals surface area contributed by atoms with Crippen molar-refractivity contribution in [3.63, 3.8) is 0 Å². The average Bonchev–Trinajstić information content (AvgIpc) is 2.83. The van der Waals surface area contributed by atoms with E-state index in [0.29, 0.717) is 6.61 Å². The SMILES string of the molecule is O=CC(O)(C1CCCC1)C1CCCCO1. The Balaban J connectivity index is 2.07. The maximum Gasteiger partial charge on any atom is 0.154 e. The second kappa shape index (κ2) is 4.62. The molecule has 1 saturated heterocycles. The van der Waals surface area contributed by atoms with Crippen LogP contribution in [0.5, 0.6) is 0 Å². The lowest BCUT2D eigenvalue weighted by Gasteiger charge is -2.38. The molecule has 2 atom stereocenters. The molecule has 15 heavy (non-hydrogen) atoms. The van der Waals surface area contributed by atoms with E-state index in [4.69, 9.17) is 4.74 Å². The summed E-state index contributed by atoms with van der Waals surface area (Å²) in [5.74, 6) is 0.123. The first kappa shape index (κ1) is 11.1. The number of carbonyl (C=O) groups is 1. The summed E-state index contributed by atoms with van der Waals surface area (Å²) >= 11 is 0. The molecule has 1 aliphatic heterocycles. The summed E-state index contributed by atoms with van der Waals surface area (Å²) in [6, 6.07) is 0. The van der Waals surface area contributed by atoms with E-state index >= 15 is 0 Å². The van der Waals surface area contributed by atoms with Crippen molar-refractivity contribution in [2.24, 2.45) is 5.92 Å². The van der Waals surface area contributed by atoms with Crippen LogP contribution in [0.25, 0.3) is 0 Å². The minimum Gasteiger partial charge on any atom is -0.379 e. The van der Waals surface area contributed by atoms with Crippen LogP contribution in [0.3, 0.4) is 0 Å². The summed E-state index contributed by atoms with van der Waals surface area (Å²) in [5.41, 5.74) is -1.21. The summed E-state index contributed by atoms with van der Waals surface area (Å²) in [6.07, 6.45) is 7.62. The van der Waals surface area contributed by atoms with E-state index in [9.17, 15) is 9.90 Å².